The van der Waals surface area contributed by atoms with Crippen LogP contribution in [0.4, 0.5) is 5.69 Å². The third kappa shape index (κ3) is 4.46. The molecule has 2 aromatic heterocycles. The standard InChI is InChI=1S/C24H21N3O3S2/c1-14-9-21(31-13-14)23(28)18(11-15-5-4-6-17(10-15)27(2)3)22(24(29)30)16-7-8-19-20(12-16)26-32-25-19/h4-10,12-13H,11H2,1-3H3,(H,29,30). The summed E-state index contributed by atoms with van der Waals surface area (Å²) < 4.78 is 8.41. The smallest absolute Gasteiger partial charge is 0.336 e. The number of carboxylic acids is 1. The number of fused-ring (bicyclic) bond motifs is 1. The molecule has 4 rings (SSSR count). The lowest BCUT2D eigenvalue weighted by atomic mass is 9.91. The maximum atomic E-state index is 13.6. The van der Waals surface area contributed by atoms with Gasteiger partial charge in [0, 0.05) is 31.8 Å². The number of Topliss-reactive ketones (excluding diaryl/α,β-unsaturated/α-hetero) is 1. The van der Waals surface area contributed by atoms with Crippen molar-refractivity contribution in [1.82, 2.24) is 8.75 Å². The van der Waals surface area contributed by atoms with Crippen LogP contribution in [0.15, 0.2) is 59.5 Å². The van der Waals surface area contributed by atoms with Gasteiger partial charge in [-0.05, 0) is 59.3 Å². The minimum atomic E-state index is -1.15. The van der Waals surface area contributed by atoms with Gasteiger partial charge >= 0.3 is 5.97 Å². The van der Waals surface area contributed by atoms with Crippen LogP contribution >= 0.6 is 23.1 Å². The van der Waals surface area contributed by atoms with E-state index in [2.05, 4.69) is 8.75 Å². The lowest BCUT2D eigenvalue weighted by molar-refractivity contribution is -0.130. The lowest BCUT2D eigenvalue weighted by Gasteiger charge is -2.15. The zero-order chi connectivity index (χ0) is 22.8. The van der Waals surface area contributed by atoms with Crippen LogP contribution in [0, 0.1) is 6.92 Å². The first-order chi connectivity index (χ1) is 15.3. The van der Waals surface area contributed by atoms with E-state index in [1.54, 1.807) is 24.3 Å². The van der Waals surface area contributed by atoms with Gasteiger partial charge in [-0.2, -0.15) is 8.75 Å². The van der Waals surface area contributed by atoms with Gasteiger partial charge < -0.3 is 10.0 Å². The quantitative estimate of drug-likeness (QED) is 0.304. The van der Waals surface area contributed by atoms with Crippen LogP contribution in [0.3, 0.4) is 0 Å². The van der Waals surface area contributed by atoms with Gasteiger partial charge in [-0.1, -0.05) is 18.2 Å². The molecule has 8 heteroatoms. The molecule has 2 aromatic carbocycles. The van der Waals surface area contributed by atoms with Gasteiger partial charge in [-0.25, -0.2) is 4.79 Å². The average molecular weight is 464 g/mol. The molecule has 0 saturated carbocycles. The Kier molecular flexibility index (Phi) is 6.16. The van der Waals surface area contributed by atoms with E-state index in [-0.39, 0.29) is 23.4 Å². The zero-order valence-corrected chi connectivity index (χ0v) is 19.5. The molecule has 4 aromatic rings. The van der Waals surface area contributed by atoms with E-state index < -0.39 is 5.97 Å². The predicted octanol–water partition coefficient (Wildman–Crippen LogP) is 5.09. The predicted molar refractivity (Wildman–Crippen MR) is 130 cm³/mol. The van der Waals surface area contributed by atoms with Crippen LogP contribution in [0.25, 0.3) is 16.6 Å². The Balaban J connectivity index is 1.90. The average Bonchev–Trinajstić information content (AvgIpc) is 3.41. The molecule has 0 atom stereocenters. The fourth-order valence-electron chi connectivity index (χ4n) is 3.49. The van der Waals surface area contributed by atoms with E-state index in [1.807, 2.05) is 55.6 Å². The summed E-state index contributed by atoms with van der Waals surface area (Å²) in [6, 6.07) is 14.7. The van der Waals surface area contributed by atoms with Gasteiger partial charge in [0.05, 0.1) is 22.2 Å². The molecular weight excluding hydrogens is 442 g/mol. The number of thiophene rings is 1. The molecule has 0 aliphatic carbocycles. The zero-order valence-electron chi connectivity index (χ0n) is 17.8. The number of aryl methyl sites for hydroxylation is 1. The number of carboxylic acid groups (broad SMARTS) is 1. The maximum Gasteiger partial charge on any atom is 0.336 e. The van der Waals surface area contributed by atoms with Crippen molar-refractivity contribution in [2.24, 2.45) is 0 Å². The first-order valence-corrected chi connectivity index (χ1v) is 11.5. The maximum absolute atomic E-state index is 13.6. The van der Waals surface area contributed by atoms with Crippen LogP contribution in [0.5, 0.6) is 0 Å². The number of rotatable bonds is 7. The first kappa shape index (κ1) is 21.9. The van der Waals surface area contributed by atoms with E-state index in [0.29, 0.717) is 21.5 Å². The number of benzene rings is 2. The largest absolute Gasteiger partial charge is 0.478 e. The Bertz CT molecular complexity index is 1350. The second kappa shape index (κ2) is 9.02. The van der Waals surface area contributed by atoms with E-state index in [0.717, 1.165) is 28.5 Å². The number of nitrogens with zero attached hydrogens (tertiary/aromatic N) is 3. The Morgan fingerprint density at radius 1 is 1.03 bits per heavy atom. The van der Waals surface area contributed by atoms with Crippen molar-refractivity contribution >= 4 is 57.1 Å². The van der Waals surface area contributed by atoms with Gasteiger partial charge in [0.25, 0.3) is 0 Å². The monoisotopic (exact) mass is 463 g/mol. The van der Waals surface area contributed by atoms with Crippen LogP contribution in [-0.4, -0.2) is 39.7 Å². The molecule has 0 aliphatic rings. The highest BCUT2D eigenvalue weighted by Gasteiger charge is 2.25. The molecule has 2 heterocycles. The van der Waals surface area contributed by atoms with Gasteiger partial charge in [-0.15, -0.1) is 11.3 Å². The highest BCUT2D eigenvalue weighted by Crippen LogP contribution is 2.30. The van der Waals surface area contributed by atoms with Gasteiger partial charge in [0.2, 0.25) is 0 Å². The summed E-state index contributed by atoms with van der Waals surface area (Å²) in [6.45, 7) is 1.92. The van der Waals surface area contributed by atoms with Crippen molar-refractivity contribution in [2.75, 3.05) is 19.0 Å². The summed E-state index contributed by atoms with van der Waals surface area (Å²) in [5, 5.41) is 12.1. The second-order valence-corrected chi connectivity index (χ2v) is 9.12. The number of ketones is 1. The molecule has 0 bridgehead atoms. The van der Waals surface area contributed by atoms with Crippen LogP contribution in [-0.2, 0) is 11.2 Å². The van der Waals surface area contributed by atoms with Crippen molar-refractivity contribution < 1.29 is 14.7 Å². The summed E-state index contributed by atoms with van der Waals surface area (Å²) in [6.07, 6.45) is 0.201. The van der Waals surface area contributed by atoms with Crippen molar-refractivity contribution in [3.05, 3.63) is 81.1 Å². The molecule has 162 valence electrons. The molecule has 1 N–H and O–H groups in total. The fraction of sp³-hybridized carbons (Fsp3) is 0.167. The Morgan fingerprint density at radius 3 is 2.50 bits per heavy atom. The van der Waals surface area contributed by atoms with Crippen molar-refractivity contribution in [3.8, 4) is 0 Å². The van der Waals surface area contributed by atoms with Crippen molar-refractivity contribution in [3.63, 3.8) is 0 Å². The molecule has 32 heavy (non-hydrogen) atoms. The number of aromatic nitrogens is 2. The van der Waals surface area contributed by atoms with Gasteiger partial charge in [0.1, 0.15) is 11.0 Å². The molecule has 0 fully saturated rings. The van der Waals surface area contributed by atoms with Gasteiger partial charge in [-0.3, -0.25) is 4.79 Å². The molecule has 0 saturated heterocycles. The number of carbonyl (C=O) groups excluding carboxylic acids is 1. The lowest BCUT2D eigenvalue weighted by Crippen LogP contribution is -2.14. The number of hydrogen-bond donors (Lipinski definition) is 1. The van der Waals surface area contributed by atoms with E-state index in [9.17, 15) is 14.7 Å². The minimum absolute atomic E-state index is 0.00814. The molecular formula is C24H21N3O3S2. The van der Waals surface area contributed by atoms with Gasteiger partial charge in [0.15, 0.2) is 5.78 Å². The van der Waals surface area contributed by atoms with Crippen LogP contribution < -0.4 is 4.90 Å². The fourth-order valence-corrected chi connectivity index (χ4v) is 4.88. The molecule has 6 nitrogen and oxygen atoms in total. The summed E-state index contributed by atoms with van der Waals surface area (Å²) in [7, 11) is 3.88. The Morgan fingerprint density at radius 2 is 1.81 bits per heavy atom. The minimum Gasteiger partial charge on any atom is -0.478 e. The topological polar surface area (TPSA) is 83.4 Å². The Hall–Kier alpha value is -3.36. The van der Waals surface area contributed by atoms with E-state index in [1.165, 1.54) is 11.3 Å². The van der Waals surface area contributed by atoms with Crippen LogP contribution in [0.2, 0.25) is 0 Å². The summed E-state index contributed by atoms with van der Waals surface area (Å²) >= 11 is 2.40. The highest BCUT2D eigenvalue weighted by atomic mass is 32.1. The number of carbonyl (C=O) groups is 2. The SMILES string of the molecule is Cc1csc(C(=O)C(Cc2cccc(N(C)C)c2)=C(C(=O)O)c2ccc3nsnc3c2)c1. The first-order valence-electron chi connectivity index (χ1n) is 9.88. The summed E-state index contributed by atoms with van der Waals surface area (Å²) in [4.78, 5) is 28.5. The molecule has 0 unspecified atom stereocenters. The number of hydrogen-bond acceptors (Lipinski definition) is 7. The van der Waals surface area contributed by atoms with Crippen LogP contribution in [0.1, 0.15) is 26.4 Å². The summed E-state index contributed by atoms with van der Waals surface area (Å²) in [5.41, 5.74) is 4.81. The van der Waals surface area contributed by atoms with Crippen molar-refractivity contribution in [2.45, 2.75) is 13.3 Å². The highest BCUT2D eigenvalue weighted by molar-refractivity contribution is 7.12. The number of aliphatic carboxylic acids is 1. The molecule has 0 radical (unpaired) electrons. The Labute approximate surface area is 193 Å². The molecule has 0 aliphatic heterocycles. The van der Waals surface area contributed by atoms with Crippen molar-refractivity contribution in [1.29, 1.82) is 0 Å². The van der Waals surface area contributed by atoms with E-state index >= 15 is 0 Å². The molecule has 0 spiro atoms. The normalized spacial score (nSPS) is 12.0. The third-order valence-corrected chi connectivity index (χ3v) is 6.70. The number of allylic oxidation sites excluding steroid dienone is 1. The molecule has 0 amide bonds. The second-order valence-electron chi connectivity index (χ2n) is 7.68. The third-order valence-electron chi connectivity index (χ3n) is 5.09. The number of anilines is 1. The van der Waals surface area contributed by atoms with E-state index in [4.69, 9.17) is 0 Å². The summed E-state index contributed by atoms with van der Waals surface area (Å²) in [5.74, 6) is -1.42.